The fourth-order valence-electron chi connectivity index (χ4n) is 6.31. The van der Waals surface area contributed by atoms with Crippen molar-refractivity contribution >= 4 is 39.8 Å². The molecule has 0 bridgehead atoms. The molecule has 2 saturated heterocycles. The number of hydrogen-bond acceptors (Lipinski definition) is 8. The van der Waals surface area contributed by atoms with Crippen molar-refractivity contribution in [2.75, 3.05) is 75.9 Å². The number of likely N-dealkylation sites (N-methyl/N-ethyl adjacent to an activating group) is 1. The maximum absolute atomic E-state index is 12.5. The number of ether oxygens (including phenoxy) is 2. The Kier molecular flexibility index (Phi) is 8.66. The zero-order chi connectivity index (χ0) is 29.9. The van der Waals surface area contributed by atoms with Gasteiger partial charge in [-0.3, -0.25) is 4.79 Å². The Hall–Kier alpha value is -3.91. The van der Waals surface area contributed by atoms with Gasteiger partial charge >= 0.3 is 6.01 Å². The summed E-state index contributed by atoms with van der Waals surface area (Å²) in [5.74, 6) is 0.668. The Balaban J connectivity index is 1.33. The van der Waals surface area contributed by atoms with Crippen molar-refractivity contribution in [2.24, 2.45) is 0 Å². The van der Waals surface area contributed by atoms with Crippen molar-refractivity contribution in [2.45, 2.75) is 25.1 Å². The molecule has 11 heteroatoms. The lowest BCUT2D eigenvalue weighted by Gasteiger charge is -2.41. The second-order valence-corrected chi connectivity index (χ2v) is 11.7. The van der Waals surface area contributed by atoms with Crippen molar-refractivity contribution in [3.63, 3.8) is 0 Å². The van der Waals surface area contributed by atoms with E-state index in [1.165, 1.54) is 6.08 Å². The second kappa shape index (κ2) is 12.8. The van der Waals surface area contributed by atoms with Crippen LogP contribution in [0.25, 0.3) is 15.6 Å². The van der Waals surface area contributed by atoms with E-state index in [1.807, 2.05) is 12.1 Å². The molecule has 1 amide bonds. The number of carbonyl (C=O) groups is 1. The summed E-state index contributed by atoms with van der Waals surface area (Å²) < 4.78 is 12.1. The Bertz CT molecular complexity index is 1550. The predicted octanol–water partition coefficient (Wildman–Crippen LogP) is 3.68. The number of nitrogens with zero attached hydrogens (tertiary/aromatic N) is 7. The van der Waals surface area contributed by atoms with Gasteiger partial charge < -0.3 is 33.9 Å². The molecule has 0 saturated carbocycles. The highest BCUT2D eigenvalue weighted by atomic mass is 35.5. The number of piperazine rings is 1. The van der Waals surface area contributed by atoms with Gasteiger partial charge in [0.05, 0.1) is 23.9 Å². The number of carbonyl (C=O) groups excluding carboxylic acids is 1. The minimum atomic E-state index is -0.254. The van der Waals surface area contributed by atoms with Gasteiger partial charge in [-0.25, -0.2) is 6.57 Å². The fraction of sp³-hybridized carbons (Fsp3) is 0.438. The maximum Gasteiger partial charge on any atom is 0.318 e. The van der Waals surface area contributed by atoms with Gasteiger partial charge in [0, 0.05) is 55.9 Å². The van der Waals surface area contributed by atoms with Crippen LogP contribution in [0.4, 0.5) is 11.5 Å². The zero-order valence-corrected chi connectivity index (χ0v) is 25.2. The number of hydrogen-bond donors (Lipinski definition) is 0. The Morgan fingerprint density at radius 2 is 2.00 bits per heavy atom. The van der Waals surface area contributed by atoms with Crippen LogP contribution < -0.4 is 14.5 Å². The molecule has 0 spiro atoms. The average Bonchev–Trinajstić information content (AvgIpc) is 3.03. The summed E-state index contributed by atoms with van der Waals surface area (Å²) in [5.41, 5.74) is 3.06. The third-order valence-electron chi connectivity index (χ3n) is 8.48. The molecule has 3 aliphatic rings. The molecule has 3 aromatic rings. The van der Waals surface area contributed by atoms with E-state index in [0.717, 1.165) is 64.6 Å². The van der Waals surface area contributed by atoms with Gasteiger partial charge in [-0.05, 0) is 37.1 Å². The lowest BCUT2D eigenvalue weighted by atomic mass is 10.0. The summed E-state index contributed by atoms with van der Waals surface area (Å²) in [4.78, 5) is 34.5. The van der Waals surface area contributed by atoms with Crippen molar-refractivity contribution in [1.29, 1.82) is 0 Å². The number of rotatable bonds is 7. The summed E-state index contributed by atoms with van der Waals surface area (Å²) in [6.07, 6.45) is 2.00. The number of amides is 1. The summed E-state index contributed by atoms with van der Waals surface area (Å²) in [5, 5.41) is 2.85. The summed E-state index contributed by atoms with van der Waals surface area (Å²) in [6, 6.07) is 12.3. The highest BCUT2D eigenvalue weighted by Crippen LogP contribution is 2.37. The molecule has 224 valence electrons. The van der Waals surface area contributed by atoms with Gasteiger partial charge in [0.1, 0.15) is 24.6 Å². The van der Waals surface area contributed by atoms with E-state index in [1.54, 1.807) is 4.90 Å². The lowest BCUT2D eigenvalue weighted by Crippen LogP contribution is -2.56. The average molecular weight is 602 g/mol. The zero-order valence-electron chi connectivity index (χ0n) is 24.4. The van der Waals surface area contributed by atoms with Crippen molar-refractivity contribution < 1.29 is 14.3 Å². The minimum Gasteiger partial charge on any atom is -0.461 e. The summed E-state index contributed by atoms with van der Waals surface area (Å²) in [7, 11) is 2.08. The largest absolute Gasteiger partial charge is 0.461 e. The van der Waals surface area contributed by atoms with E-state index >= 15 is 0 Å². The Morgan fingerprint density at radius 3 is 2.79 bits per heavy atom. The molecule has 43 heavy (non-hydrogen) atoms. The van der Waals surface area contributed by atoms with Crippen LogP contribution in [0.1, 0.15) is 11.3 Å². The second-order valence-electron chi connectivity index (χ2n) is 11.3. The standard InChI is InChI=1S/C32H36ClN7O3/c1-4-29(41)40-14-13-39(18-23(40)17-34-2)31-25-11-12-38(28-10-6-8-22-7-5-9-26(33)30(22)28)20-27(25)35-32(36-31)43-21-24-19-37(3)15-16-42-24/h4-10,23-24H,1,11-21H2,3H3/t23-,24+/m0/s1. The Morgan fingerprint density at radius 1 is 1.16 bits per heavy atom. The highest BCUT2D eigenvalue weighted by Gasteiger charge is 2.35. The van der Waals surface area contributed by atoms with Gasteiger partial charge in [0.2, 0.25) is 12.5 Å². The monoisotopic (exact) mass is 601 g/mol. The van der Waals surface area contributed by atoms with E-state index in [-0.39, 0.29) is 24.6 Å². The highest BCUT2D eigenvalue weighted by molar-refractivity contribution is 6.36. The summed E-state index contributed by atoms with van der Waals surface area (Å²) in [6.45, 7) is 17.0. The predicted molar refractivity (Wildman–Crippen MR) is 168 cm³/mol. The number of benzene rings is 2. The first-order valence-corrected chi connectivity index (χ1v) is 15.1. The van der Waals surface area contributed by atoms with Gasteiger partial charge in [-0.1, -0.05) is 42.4 Å². The van der Waals surface area contributed by atoms with Crippen LogP contribution in [0.15, 0.2) is 49.1 Å². The smallest absolute Gasteiger partial charge is 0.318 e. The first-order valence-electron chi connectivity index (χ1n) is 14.7. The van der Waals surface area contributed by atoms with Crippen molar-refractivity contribution in [3.05, 3.63) is 76.8 Å². The SMILES string of the molecule is [C-]#[N+]C[C@H]1CN(c2nc(OC[C@H]3CN(C)CCO3)nc3c2CCN(c2cccc4cccc(Cl)c24)C3)CCN1C(=O)C=C. The first-order chi connectivity index (χ1) is 20.9. The van der Waals surface area contributed by atoms with Gasteiger partial charge in [0.15, 0.2) is 0 Å². The molecule has 4 heterocycles. The van der Waals surface area contributed by atoms with Gasteiger partial charge in [0.25, 0.3) is 0 Å². The molecular weight excluding hydrogens is 566 g/mol. The van der Waals surface area contributed by atoms with Crippen molar-refractivity contribution in [3.8, 4) is 6.01 Å². The van der Waals surface area contributed by atoms with E-state index in [4.69, 9.17) is 37.6 Å². The molecule has 2 aromatic carbocycles. The lowest BCUT2D eigenvalue weighted by molar-refractivity contribution is -0.128. The van der Waals surface area contributed by atoms with Crippen LogP contribution in [-0.2, 0) is 22.5 Å². The molecule has 2 fully saturated rings. The van der Waals surface area contributed by atoms with E-state index in [9.17, 15) is 4.79 Å². The fourth-order valence-corrected chi connectivity index (χ4v) is 6.59. The number of halogens is 1. The number of fused-ring (bicyclic) bond motifs is 2. The van der Waals surface area contributed by atoms with E-state index < -0.39 is 0 Å². The van der Waals surface area contributed by atoms with Crippen LogP contribution in [-0.4, -0.2) is 104 Å². The minimum absolute atomic E-state index is 0.0623. The molecule has 6 rings (SSSR count). The summed E-state index contributed by atoms with van der Waals surface area (Å²) >= 11 is 6.69. The molecule has 1 aromatic heterocycles. The van der Waals surface area contributed by atoms with Crippen LogP contribution in [0.2, 0.25) is 5.02 Å². The van der Waals surface area contributed by atoms with Gasteiger partial charge in [-0.15, -0.1) is 0 Å². The van der Waals surface area contributed by atoms with Crippen LogP contribution in [0, 0.1) is 6.57 Å². The van der Waals surface area contributed by atoms with Crippen LogP contribution >= 0.6 is 11.6 Å². The maximum atomic E-state index is 12.5. The van der Waals surface area contributed by atoms with Crippen LogP contribution in [0.5, 0.6) is 6.01 Å². The van der Waals surface area contributed by atoms with Gasteiger partial charge in [-0.2, -0.15) is 9.97 Å². The third kappa shape index (κ3) is 6.11. The first kappa shape index (κ1) is 29.2. The molecule has 0 unspecified atom stereocenters. The molecular formula is C32H36ClN7O3. The molecule has 3 aliphatic heterocycles. The molecule has 0 aliphatic carbocycles. The number of aromatic nitrogens is 2. The number of morpholine rings is 1. The third-order valence-corrected chi connectivity index (χ3v) is 8.79. The topological polar surface area (TPSA) is 78.6 Å². The number of anilines is 2. The van der Waals surface area contributed by atoms with Crippen molar-refractivity contribution in [1.82, 2.24) is 19.8 Å². The molecule has 0 radical (unpaired) electrons. The van der Waals surface area contributed by atoms with E-state index in [0.29, 0.717) is 45.4 Å². The molecule has 0 N–H and O–H groups in total. The molecule has 10 nitrogen and oxygen atoms in total. The van der Waals surface area contributed by atoms with Crippen LogP contribution in [0.3, 0.4) is 0 Å². The molecule has 2 atom stereocenters. The quantitative estimate of drug-likeness (QED) is 0.300. The normalized spacial score (nSPS) is 20.9. The van der Waals surface area contributed by atoms with E-state index in [2.05, 4.69) is 57.4 Å². The Labute approximate surface area is 257 Å².